The van der Waals surface area contributed by atoms with Gasteiger partial charge >= 0.3 is 0 Å². The summed E-state index contributed by atoms with van der Waals surface area (Å²) in [6.07, 6.45) is -0.837. The first-order valence-electron chi connectivity index (χ1n) is 5.66. The molecule has 1 heterocycles. The van der Waals surface area contributed by atoms with Gasteiger partial charge in [0.25, 0.3) is 5.91 Å². The fraction of sp³-hybridized carbons (Fsp3) is 0.385. The first-order chi connectivity index (χ1) is 8.09. The number of aliphatic hydroxyl groups excluding tert-OH is 1. The summed E-state index contributed by atoms with van der Waals surface area (Å²) in [6, 6.07) is 9.29. The fourth-order valence-corrected chi connectivity index (χ4v) is 1.96. The van der Waals surface area contributed by atoms with Crippen LogP contribution in [0.25, 0.3) is 0 Å². The Hall–Kier alpha value is -1.68. The molecule has 1 N–H and O–H groups in total. The van der Waals surface area contributed by atoms with Gasteiger partial charge in [0.1, 0.15) is 6.10 Å². The van der Waals surface area contributed by atoms with Crippen LogP contribution in [0.1, 0.15) is 18.9 Å². The van der Waals surface area contributed by atoms with Crippen molar-refractivity contribution in [1.82, 2.24) is 4.90 Å². The number of benzene rings is 1. The predicted octanol–water partition coefficient (Wildman–Crippen LogP) is 0.942. The molecule has 0 spiro atoms. The number of likely N-dealkylation sites (tertiary alicyclic amines) is 1. The average Bonchev–Trinajstić information content (AvgIpc) is 2.33. The van der Waals surface area contributed by atoms with Crippen molar-refractivity contribution < 1.29 is 14.7 Å². The molecule has 0 radical (unpaired) electrons. The van der Waals surface area contributed by atoms with Crippen LogP contribution in [0.15, 0.2) is 30.3 Å². The van der Waals surface area contributed by atoms with E-state index in [1.165, 1.54) is 0 Å². The van der Waals surface area contributed by atoms with Gasteiger partial charge in [-0.25, -0.2) is 0 Å². The number of imide groups is 1. The van der Waals surface area contributed by atoms with Gasteiger partial charge in [0.2, 0.25) is 5.91 Å². The summed E-state index contributed by atoms with van der Waals surface area (Å²) in [6.45, 7) is 1.95. The smallest absolute Gasteiger partial charge is 0.258 e. The minimum atomic E-state index is -1.06. The predicted molar refractivity (Wildman–Crippen MR) is 61.8 cm³/mol. The van der Waals surface area contributed by atoms with Crippen molar-refractivity contribution in [2.75, 3.05) is 0 Å². The third kappa shape index (κ3) is 2.36. The molecule has 0 aliphatic carbocycles. The van der Waals surface area contributed by atoms with E-state index in [0.29, 0.717) is 0 Å². The quantitative estimate of drug-likeness (QED) is 0.773. The SMILES string of the molecule is C[C@@H]1CC(=O)N(Cc2ccccc2)C(=O)[C@@H]1O. The Kier molecular flexibility index (Phi) is 3.24. The van der Waals surface area contributed by atoms with Gasteiger partial charge in [-0.3, -0.25) is 14.5 Å². The number of hydrogen-bond donors (Lipinski definition) is 1. The van der Waals surface area contributed by atoms with Gasteiger partial charge in [-0.2, -0.15) is 0 Å². The Balaban J connectivity index is 2.15. The number of hydrogen-bond acceptors (Lipinski definition) is 3. The van der Waals surface area contributed by atoms with Crippen molar-refractivity contribution >= 4 is 11.8 Å². The third-order valence-corrected chi connectivity index (χ3v) is 3.04. The summed E-state index contributed by atoms with van der Waals surface area (Å²) in [5.74, 6) is -0.990. The molecule has 1 aromatic carbocycles. The Morgan fingerprint density at radius 2 is 1.94 bits per heavy atom. The van der Waals surface area contributed by atoms with E-state index in [4.69, 9.17) is 0 Å². The summed E-state index contributed by atoms with van der Waals surface area (Å²) in [4.78, 5) is 24.7. The zero-order valence-corrected chi connectivity index (χ0v) is 9.67. The maximum Gasteiger partial charge on any atom is 0.258 e. The highest BCUT2D eigenvalue weighted by Crippen LogP contribution is 2.21. The highest BCUT2D eigenvalue weighted by atomic mass is 16.3. The fourth-order valence-electron chi connectivity index (χ4n) is 1.96. The Labute approximate surface area is 99.9 Å². The van der Waals surface area contributed by atoms with Crippen LogP contribution in [0, 0.1) is 5.92 Å². The zero-order chi connectivity index (χ0) is 12.4. The normalized spacial score (nSPS) is 25.2. The van der Waals surface area contributed by atoms with Crippen molar-refractivity contribution in [1.29, 1.82) is 0 Å². The van der Waals surface area contributed by atoms with Crippen LogP contribution in [0.4, 0.5) is 0 Å². The van der Waals surface area contributed by atoms with Crippen molar-refractivity contribution in [3.05, 3.63) is 35.9 Å². The van der Waals surface area contributed by atoms with Gasteiger partial charge in [0.15, 0.2) is 0 Å². The minimum absolute atomic E-state index is 0.211. The molecule has 1 fully saturated rings. The van der Waals surface area contributed by atoms with Crippen molar-refractivity contribution in [2.45, 2.75) is 26.0 Å². The lowest BCUT2D eigenvalue weighted by atomic mass is 9.94. The minimum Gasteiger partial charge on any atom is -0.383 e. The van der Waals surface area contributed by atoms with Gasteiger partial charge in [0.05, 0.1) is 6.54 Å². The Morgan fingerprint density at radius 3 is 2.59 bits per heavy atom. The second-order valence-corrected chi connectivity index (χ2v) is 4.43. The molecule has 0 aromatic heterocycles. The van der Waals surface area contributed by atoms with Gasteiger partial charge in [-0.1, -0.05) is 37.3 Å². The van der Waals surface area contributed by atoms with Gasteiger partial charge in [0, 0.05) is 6.42 Å². The van der Waals surface area contributed by atoms with Gasteiger partial charge < -0.3 is 5.11 Å². The molecular formula is C13H15NO3. The number of aliphatic hydroxyl groups is 1. The van der Waals surface area contributed by atoms with E-state index in [9.17, 15) is 14.7 Å². The van der Waals surface area contributed by atoms with E-state index in [-0.39, 0.29) is 24.8 Å². The first kappa shape index (κ1) is 11.8. The number of piperidine rings is 1. The highest BCUT2D eigenvalue weighted by molar-refractivity contribution is 6.00. The molecule has 2 rings (SSSR count). The molecule has 0 bridgehead atoms. The lowest BCUT2D eigenvalue weighted by Crippen LogP contribution is -2.50. The molecule has 1 aromatic rings. The van der Waals surface area contributed by atoms with Gasteiger partial charge in [-0.15, -0.1) is 0 Å². The van der Waals surface area contributed by atoms with E-state index in [1.54, 1.807) is 6.92 Å². The van der Waals surface area contributed by atoms with E-state index in [0.717, 1.165) is 10.5 Å². The second-order valence-electron chi connectivity index (χ2n) is 4.43. The zero-order valence-electron chi connectivity index (χ0n) is 9.67. The van der Waals surface area contributed by atoms with Gasteiger partial charge in [-0.05, 0) is 11.5 Å². The van der Waals surface area contributed by atoms with Crippen molar-refractivity contribution in [3.63, 3.8) is 0 Å². The molecule has 0 saturated carbocycles. The molecule has 2 atom stereocenters. The molecule has 1 saturated heterocycles. The maximum absolute atomic E-state index is 11.8. The summed E-state index contributed by atoms with van der Waals surface area (Å²) in [7, 11) is 0. The number of amides is 2. The number of nitrogens with zero attached hydrogens (tertiary/aromatic N) is 1. The molecule has 4 heteroatoms. The number of carbonyl (C=O) groups excluding carboxylic acids is 2. The summed E-state index contributed by atoms with van der Waals surface area (Å²) < 4.78 is 0. The van der Waals surface area contributed by atoms with Crippen molar-refractivity contribution in [3.8, 4) is 0 Å². The Morgan fingerprint density at radius 1 is 1.29 bits per heavy atom. The summed E-state index contributed by atoms with van der Waals surface area (Å²) in [5.41, 5.74) is 0.885. The van der Waals surface area contributed by atoms with E-state index < -0.39 is 12.0 Å². The maximum atomic E-state index is 11.8. The summed E-state index contributed by atoms with van der Waals surface area (Å²) in [5, 5.41) is 9.67. The molecule has 17 heavy (non-hydrogen) atoms. The molecule has 1 aliphatic heterocycles. The second kappa shape index (κ2) is 4.67. The van der Waals surface area contributed by atoms with Crippen molar-refractivity contribution in [2.24, 2.45) is 5.92 Å². The molecule has 90 valence electrons. The summed E-state index contributed by atoms with van der Waals surface area (Å²) >= 11 is 0. The van der Waals surface area contributed by atoms with Crippen LogP contribution in [-0.4, -0.2) is 27.9 Å². The standard InChI is InChI=1S/C13H15NO3/c1-9-7-11(15)14(13(17)12(9)16)8-10-5-3-2-4-6-10/h2-6,9,12,16H,7-8H2,1H3/t9-,12-/m1/s1. The van der Waals surface area contributed by atoms with Crippen LogP contribution < -0.4 is 0 Å². The number of rotatable bonds is 2. The van der Waals surface area contributed by atoms with E-state index >= 15 is 0 Å². The third-order valence-electron chi connectivity index (χ3n) is 3.04. The number of carbonyl (C=O) groups is 2. The van der Waals surface area contributed by atoms with E-state index in [2.05, 4.69) is 0 Å². The molecular weight excluding hydrogens is 218 g/mol. The molecule has 4 nitrogen and oxygen atoms in total. The lowest BCUT2D eigenvalue weighted by Gasteiger charge is -2.32. The van der Waals surface area contributed by atoms with Crippen LogP contribution in [0.2, 0.25) is 0 Å². The average molecular weight is 233 g/mol. The molecule has 2 amide bonds. The van der Waals surface area contributed by atoms with Crippen LogP contribution in [0.3, 0.4) is 0 Å². The largest absolute Gasteiger partial charge is 0.383 e. The highest BCUT2D eigenvalue weighted by Gasteiger charge is 2.37. The monoisotopic (exact) mass is 233 g/mol. The van der Waals surface area contributed by atoms with Crippen LogP contribution in [-0.2, 0) is 16.1 Å². The Bertz CT molecular complexity index is 430. The molecule has 0 unspecified atom stereocenters. The van der Waals surface area contributed by atoms with Crippen LogP contribution >= 0.6 is 0 Å². The topological polar surface area (TPSA) is 57.6 Å². The lowest BCUT2D eigenvalue weighted by molar-refractivity contribution is -0.159. The van der Waals surface area contributed by atoms with Crippen LogP contribution in [0.5, 0.6) is 0 Å². The molecule has 1 aliphatic rings. The van der Waals surface area contributed by atoms with E-state index in [1.807, 2.05) is 30.3 Å². The first-order valence-corrected chi connectivity index (χ1v) is 5.66.